The maximum atomic E-state index is 12.6. The van der Waals surface area contributed by atoms with Gasteiger partial charge in [-0.3, -0.25) is 9.10 Å². The first-order chi connectivity index (χ1) is 17.2. The summed E-state index contributed by atoms with van der Waals surface area (Å²) in [5.74, 6) is 0.440. The van der Waals surface area contributed by atoms with Crippen LogP contribution in [0.25, 0.3) is 10.8 Å². The fraction of sp³-hybridized carbons (Fsp3) is 0.148. The second kappa shape index (κ2) is 11.2. The highest BCUT2D eigenvalue weighted by atomic mass is 35.5. The van der Waals surface area contributed by atoms with Crippen molar-refractivity contribution in [3.05, 3.63) is 106 Å². The Balaban J connectivity index is 1.37. The fourth-order valence-corrected chi connectivity index (χ4v) is 5.08. The van der Waals surface area contributed by atoms with E-state index in [1.54, 1.807) is 42.5 Å². The van der Waals surface area contributed by atoms with Crippen molar-refractivity contribution in [2.45, 2.75) is 6.54 Å². The highest BCUT2D eigenvalue weighted by Crippen LogP contribution is 2.29. The van der Waals surface area contributed by atoms with Crippen LogP contribution in [0.1, 0.15) is 15.9 Å². The van der Waals surface area contributed by atoms with Crippen molar-refractivity contribution in [2.24, 2.45) is 0 Å². The van der Waals surface area contributed by atoms with Crippen LogP contribution in [-0.4, -0.2) is 33.7 Å². The normalized spacial score (nSPS) is 11.3. The number of hydrogen-bond donors (Lipinski definition) is 1. The Hall–Kier alpha value is -3.26. The van der Waals surface area contributed by atoms with E-state index in [0.717, 1.165) is 22.8 Å². The first kappa shape index (κ1) is 25.8. The molecule has 0 aliphatic rings. The molecule has 0 saturated heterocycles. The molecule has 6 nitrogen and oxygen atoms in total. The van der Waals surface area contributed by atoms with E-state index in [1.807, 2.05) is 42.5 Å². The standard InChI is InChI=1S/C27H24Cl2N2O4S/c1-36(33,34)31(18-24-25(28)7-4-8-26(24)29)22-12-9-20(10-13-22)27(32)30-15-16-35-23-14-11-19-5-2-3-6-21(19)17-23/h2-14,17H,15-16,18H2,1H3,(H,30,32). The SMILES string of the molecule is CS(=O)(=O)N(Cc1c(Cl)cccc1Cl)c1ccc(C(=O)NCCOc2ccc3ccccc3c2)cc1. The lowest BCUT2D eigenvalue weighted by molar-refractivity contribution is 0.0947. The van der Waals surface area contributed by atoms with Crippen LogP contribution in [-0.2, 0) is 16.6 Å². The van der Waals surface area contributed by atoms with E-state index in [2.05, 4.69) is 5.32 Å². The van der Waals surface area contributed by atoms with Gasteiger partial charge in [-0.15, -0.1) is 0 Å². The molecule has 0 fully saturated rings. The number of benzene rings is 4. The first-order valence-corrected chi connectivity index (χ1v) is 13.7. The minimum Gasteiger partial charge on any atom is -0.492 e. The topological polar surface area (TPSA) is 75.7 Å². The van der Waals surface area contributed by atoms with E-state index in [0.29, 0.717) is 40.0 Å². The summed E-state index contributed by atoms with van der Waals surface area (Å²) in [6, 6.07) is 25.1. The summed E-state index contributed by atoms with van der Waals surface area (Å²) in [5.41, 5.74) is 1.29. The van der Waals surface area contributed by atoms with Gasteiger partial charge in [0.05, 0.1) is 25.0 Å². The second-order valence-electron chi connectivity index (χ2n) is 8.13. The van der Waals surface area contributed by atoms with Gasteiger partial charge in [0.25, 0.3) is 5.91 Å². The van der Waals surface area contributed by atoms with Crippen LogP contribution in [0.4, 0.5) is 5.69 Å². The average molecular weight is 543 g/mol. The zero-order valence-electron chi connectivity index (χ0n) is 19.4. The van der Waals surface area contributed by atoms with Gasteiger partial charge in [-0.1, -0.05) is 59.6 Å². The van der Waals surface area contributed by atoms with Gasteiger partial charge in [0.2, 0.25) is 10.0 Å². The number of carbonyl (C=O) groups excluding carboxylic acids is 1. The largest absolute Gasteiger partial charge is 0.492 e. The van der Waals surface area contributed by atoms with Crippen LogP contribution in [0.3, 0.4) is 0 Å². The third kappa shape index (κ3) is 6.29. The van der Waals surface area contributed by atoms with Crippen molar-refractivity contribution in [1.82, 2.24) is 5.32 Å². The number of sulfonamides is 1. The Morgan fingerprint density at radius 2 is 1.56 bits per heavy atom. The van der Waals surface area contributed by atoms with Gasteiger partial charge in [-0.2, -0.15) is 0 Å². The number of rotatable bonds is 9. The van der Waals surface area contributed by atoms with Crippen LogP contribution in [0.15, 0.2) is 84.9 Å². The summed E-state index contributed by atoms with van der Waals surface area (Å²) < 4.78 is 31.9. The van der Waals surface area contributed by atoms with Crippen molar-refractivity contribution in [3.8, 4) is 5.75 Å². The third-order valence-corrected chi connectivity index (χ3v) is 7.41. The summed E-state index contributed by atoms with van der Waals surface area (Å²) in [6.07, 6.45) is 1.11. The van der Waals surface area contributed by atoms with Crippen LogP contribution >= 0.6 is 23.2 Å². The number of amides is 1. The number of halogens is 2. The minimum atomic E-state index is -3.64. The van der Waals surface area contributed by atoms with Gasteiger partial charge in [-0.05, 0) is 59.3 Å². The molecule has 36 heavy (non-hydrogen) atoms. The molecule has 0 unspecified atom stereocenters. The molecule has 1 amide bonds. The molecule has 0 saturated carbocycles. The zero-order valence-corrected chi connectivity index (χ0v) is 21.8. The highest BCUT2D eigenvalue weighted by Gasteiger charge is 2.21. The molecule has 0 aliphatic carbocycles. The van der Waals surface area contributed by atoms with Crippen molar-refractivity contribution < 1.29 is 17.9 Å². The fourth-order valence-electron chi connectivity index (χ4n) is 3.70. The maximum Gasteiger partial charge on any atom is 0.251 e. The van der Waals surface area contributed by atoms with Crippen molar-refractivity contribution in [3.63, 3.8) is 0 Å². The number of fused-ring (bicyclic) bond motifs is 1. The second-order valence-corrected chi connectivity index (χ2v) is 10.9. The summed E-state index contributed by atoms with van der Waals surface area (Å²) in [6.45, 7) is 0.589. The molecule has 0 atom stereocenters. The van der Waals surface area contributed by atoms with E-state index >= 15 is 0 Å². The Morgan fingerprint density at radius 3 is 2.22 bits per heavy atom. The smallest absolute Gasteiger partial charge is 0.251 e. The van der Waals surface area contributed by atoms with Crippen LogP contribution in [0, 0.1) is 0 Å². The molecule has 0 aromatic heterocycles. The van der Waals surface area contributed by atoms with Crippen molar-refractivity contribution in [1.29, 1.82) is 0 Å². The molecule has 186 valence electrons. The Morgan fingerprint density at radius 1 is 0.889 bits per heavy atom. The molecule has 1 N–H and O–H groups in total. The number of ether oxygens (including phenoxy) is 1. The van der Waals surface area contributed by atoms with Crippen LogP contribution in [0.5, 0.6) is 5.75 Å². The van der Waals surface area contributed by atoms with Crippen LogP contribution in [0.2, 0.25) is 10.0 Å². The van der Waals surface area contributed by atoms with E-state index in [-0.39, 0.29) is 12.5 Å². The molecular weight excluding hydrogens is 519 g/mol. The van der Waals surface area contributed by atoms with Gasteiger partial charge in [-0.25, -0.2) is 8.42 Å². The lowest BCUT2D eigenvalue weighted by Crippen LogP contribution is -2.30. The minimum absolute atomic E-state index is 0.0327. The van der Waals surface area contributed by atoms with Gasteiger partial charge in [0.1, 0.15) is 12.4 Å². The summed E-state index contributed by atoms with van der Waals surface area (Å²) >= 11 is 12.5. The Kier molecular flexibility index (Phi) is 8.04. The highest BCUT2D eigenvalue weighted by molar-refractivity contribution is 7.92. The average Bonchev–Trinajstić information content (AvgIpc) is 2.85. The first-order valence-electron chi connectivity index (χ1n) is 11.1. The Labute approximate surface area is 220 Å². The van der Waals surface area contributed by atoms with Gasteiger partial charge >= 0.3 is 0 Å². The summed E-state index contributed by atoms with van der Waals surface area (Å²) in [7, 11) is -3.64. The van der Waals surface area contributed by atoms with E-state index in [4.69, 9.17) is 27.9 Å². The summed E-state index contributed by atoms with van der Waals surface area (Å²) in [5, 5.41) is 5.77. The number of nitrogens with one attached hydrogen (secondary N) is 1. The lowest BCUT2D eigenvalue weighted by atomic mass is 10.1. The zero-order chi connectivity index (χ0) is 25.7. The van der Waals surface area contributed by atoms with E-state index < -0.39 is 10.0 Å². The molecule has 0 radical (unpaired) electrons. The number of hydrogen-bond acceptors (Lipinski definition) is 4. The Bertz CT molecular complexity index is 1470. The summed E-state index contributed by atoms with van der Waals surface area (Å²) in [4.78, 5) is 12.6. The quantitative estimate of drug-likeness (QED) is 0.266. The van der Waals surface area contributed by atoms with Gasteiger partial charge < -0.3 is 10.1 Å². The molecule has 0 spiro atoms. The predicted molar refractivity (Wildman–Crippen MR) is 146 cm³/mol. The lowest BCUT2D eigenvalue weighted by Gasteiger charge is -2.23. The van der Waals surface area contributed by atoms with Gasteiger partial charge in [0.15, 0.2) is 0 Å². The van der Waals surface area contributed by atoms with Crippen LogP contribution < -0.4 is 14.4 Å². The number of nitrogens with zero attached hydrogens (tertiary/aromatic N) is 1. The maximum absolute atomic E-state index is 12.6. The molecule has 4 aromatic rings. The van der Waals surface area contributed by atoms with E-state index in [1.165, 1.54) is 4.31 Å². The molecule has 0 bridgehead atoms. The molecule has 0 aliphatic heterocycles. The van der Waals surface area contributed by atoms with Crippen molar-refractivity contribution >= 4 is 55.6 Å². The monoisotopic (exact) mass is 542 g/mol. The molecule has 0 heterocycles. The number of anilines is 1. The number of carbonyl (C=O) groups is 1. The van der Waals surface area contributed by atoms with Crippen molar-refractivity contribution in [2.75, 3.05) is 23.7 Å². The molecule has 9 heteroatoms. The van der Waals surface area contributed by atoms with Gasteiger partial charge in [0, 0.05) is 21.2 Å². The predicted octanol–water partition coefficient (Wildman–Crippen LogP) is 5.92. The molecule has 4 rings (SSSR count). The van der Waals surface area contributed by atoms with E-state index in [9.17, 15) is 13.2 Å². The molecular formula is C27H24Cl2N2O4S. The molecule has 4 aromatic carbocycles. The third-order valence-electron chi connectivity index (χ3n) is 5.56.